The summed E-state index contributed by atoms with van der Waals surface area (Å²) in [4.78, 5) is 31.8. The maximum Gasteiger partial charge on any atom is 0.258 e. The van der Waals surface area contributed by atoms with Gasteiger partial charge in [0, 0.05) is 24.2 Å². The highest BCUT2D eigenvalue weighted by atomic mass is 35.5. The van der Waals surface area contributed by atoms with E-state index in [0.717, 1.165) is 42.6 Å². The van der Waals surface area contributed by atoms with Crippen LogP contribution in [-0.2, 0) is 16.1 Å². The molecule has 28 heavy (non-hydrogen) atoms. The summed E-state index contributed by atoms with van der Waals surface area (Å²) in [7, 11) is 0. The summed E-state index contributed by atoms with van der Waals surface area (Å²) in [6.07, 6.45) is 4.37. The summed E-state index contributed by atoms with van der Waals surface area (Å²) in [6, 6.07) is 6.06. The summed E-state index contributed by atoms with van der Waals surface area (Å²) >= 11 is 8.89. The molecule has 3 rings (SSSR count). The van der Waals surface area contributed by atoms with Crippen LogP contribution in [0.15, 0.2) is 23.2 Å². The second kappa shape index (κ2) is 9.94. The fourth-order valence-electron chi connectivity index (χ4n) is 3.64. The number of benzene rings is 1. The van der Waals surface area contributed by atoms with Crippen molar-refractivity contribution in [2.24, 2.45) is 4.99 Å². The highest BCUT2D eigenvalue weighted by molar-refractivity contribution is 8.00. The van der Waals surface area contributed by atoms with Crippen LogP contribution in [0.4, 0.5) is 0 Å². The molecule has 2 aromatic rings. The predicted molar refractivity (Wildman–Crippen MR) is 118 cm³/mol. The quantitative estimate of drug-likeness (QED) is 0.673. The number of piperidine rings is 1. The summed E-state index contributed by atoms with van der Waals surface area (Å²) in [6.45, 7) is 5.73. The molecule has 2 heterocycles. The summed E-state index contributed by atoms with van der Waals surface area (Å²) < 4.78 is 3.03. The Morgan fingerprint density at radius 1 is 1.29 bits per heavy atom. The largest absolute Gasteiger partial charge is 0.339 e. The minimum absolute atomic E-state index is 0.143. The smallest absolute Gasteiger partial charge is 0.258 e. The lowest BCUT2D eigenvalue weighted by Crippen LogP contribution is -2.44. The zero-order chi connectivity index (χ0) is 20.1. The average molecular weight is 440 g/mol. The van der Waals surface area contributed by atoms with E-state index in [9.17, 15) is 9.59 Å². The van der Waals surface area contributed by atoms with Gasteiger partial charge in [0.15, 0.2) is 4.80 Å². The Bertz CT molecular complexity index is 922. The predicted octanol–water partition coefficient (Wildman–Crippen LogP) is 4.33. The topological polar surface area (TPSA) is 54.7 Å². The summed E-state index contributed by atoms with van der Waals surface area (Å²) in [5.41, 5.74) is 1.03. The van der Waals surface area contributed by atoms with E-state index in [1.807, 2.05) is 34.6 Å². The van der Waals surface area contributed by atoms with Gasteiger partial charge in [0.25, 0.3) is 5.91 Å². The number of amides is 2. The van der Waals surface area contributed by atoms with Crippen LogP contribution in [0.3, 0.4) is 0 Å². The fraction of sp³-hybridized carbons (Fsp3) is 0.550. The first kappa shape index (κ1) is 21.4. The van der Waals surface area contributed by atoms with Crippen molar-refractivity contribution in [1.82, 2.24) is 9.47 Å². The molecule has 1 aromatic carbocycles. The molecule has 0 radical (unpaired) electrons. The van der Waals surface area contributed by atoms with Crippen molar-refractivity contribution in [3.63, 3.8) is 0 Å². The lowest BCUT2D eigenvalue weighted by Gasteiger charge is -2.35. The molecule has 0 saturated carbocycles. The number of nitrogens with zero attached hydrogens (tertiary/aromatic N) is 3. The number of likely N-dealkylation sites (tertiary alicyclic amines) is 1. The maximum absolute atomic E-state index is 12.5. The van der Waals surface area contributed by atoms with Crippen molar-refractivity contribution in [2.45, 2.75) is 52.1 Å². The van der Waals surface area contributed by atoms with Crippen LogP contribution in [0.25, 0.3) is 10.2 Å². The van der Waals surface area contributed by atoms with E-state index in [-0.39, 0.29) is 17.6 Å². The van der Waals surface area contributed by atoms with Crippen LogP contribution in [0.1, 0.15) is 39.5 Å². The molecule has 1 fully saturated rings. The molecule has 1 atom stereocenters. The first-order chi connectivity index (χ1) is 13.5. The molecule has 1 aromatic heterocycles. The van der Waals surface area contributed by atoms with Gasteiger partial charge in [-0.1, -0.05) is 29.9 Å². The number of carbonyl (C=O) groups is 2. The van der Waals surface area contributed by atoms with Gasteiger partial charge in [-0.2, -0.15) is 4.99 Å². The molecule has 0 aliphatic carbocycles. The Kier molecular flexibility index (Phi) is 7.60. The van der Waals surface area contributed by atoms with Crippen LogP contribution < -0.4 is 4.80 Å². The van der Waals surface area contributed by atoms with Crippen LogP contribution >= 0.6 is 34.7 Å². The standard InChI is InChI=1S/C20H26ClN3O2S2/c1-3-15-7-5-6-10-24(15)19(26)13-27-12-18(25)22-20-23(4-2)16-9-8-14(21)11-17(16)28-20/h8-9,11,15H,3-7,10,12-13H2,1-2H3. The Balaban J connectivity index is 1.62. The van der Waals surface area contributed by atoms with Gasteiger partial charge in [0.05, 0.1) is 21.7 Å². The Morgan fingerprint density at radius 3 is 2.86 bits per heavy atom. The summed E-state index contributed by atoms with van der Waals surface area (Å²) in [5, 5.41) is 0.673. The minimum atomic E-state index is -0.205. The van der Waals surface area contributed by atoms with Crippen molar-refractivity contribution in [2.75, 3.05) is 18.1 Å². The van der Waals surface area contributed by atoms with E-state index in [1.54, 1.807) is 0 Å². The number of halogens is 1. The third-order valence-corrected chi connectivity index (χ3v) is 7.23. The van der Waals surface area contributed by atoms with Crippen LogP contribution in [0.5, 0.6) is 0 Å². The Hall–Kier alpha value is -1.31. The van der Waals surface area contributed by atoms with Gasteiger partial charge < -0.3 is 9.47 Å². The van der Waals surface area contributed by atoms with Crippen molar-refractivity contribution >= 4 is 56.7 Å². The first-order valence-electron chi connectivity index (χ1n) is 9.77. The zero-order valence-electron chi connectivity index (χ0n) is 16.3. The van der Waals surface area contributed by atoms with Gasteiger partial charge in [-0.25, -0.2) is 0 Å². The lowest BCUT2D eigenvalue weighted by molar-refractivity contribution is -0.132. The van der Waals surface area contributed by atoms with Crippen molar-refractivity contribution in [1.29, 1.82) is 0 Å². The number of carbonyl (C=O) groups excluding carboxylic acids is 2. The molecule has 1 unspecified atom stereocenters. The molecule has 1 saturated heterocycles. The van der Waals surface area contributed by atoms with Crippen LogP contribution in [-0.4, -0.2) is 45.4 Å². The van der Waals surface area contributed by atoms with Gasteiger partial charge in [0.1, 0.15) is 0 Å². The van der Waals surface area contributed by atoms with E-state index in [1.165, 1.54) is 29.5 Å². The van der Waals surface area contributed by atoms with Crippen molar-refractivity contribution in [3.05, 3.63) is 28.0 Å². The van der Waals surface area contributed by atoms with Crippen molar-refractivity contribution < 1.29 is 9.59 Å². The highest BCUT2D eigenvalue weighted by Gasteiger charge is 2.25. The summed E-state index contributed by atoms with van der Waals surface area (Å²) in [5.74, 6) is 0.496. The number of hydrogen-bond acceptors (Lipinski definition) is 4. The van der Waals surface area contributed by atoms with E-state index in [0.29, 0.717) is 21.6 Å². The first-order valence-corrected chi connectivity index (χ1v) is 12.1. The average Bonchev–Trinajstić information content (AvgIpc) is 3.03. The van der Waals surface area contributed by atoms with Gasteiger partial charge in [-0.05, 0) is 50.8 Å². The normalized spacial score (nSPS) is 18.0. The number of hydrogen-bond donors (Lipinski definition) is 0. The van der Waals surface area contributed by atoms with Crippen LogP contribution in [0.2, 0.25) is 5.02 Å². The molecule has 5 nitrogen and oxygen atoms in total. The SMILES string of the molecule is CCC1CCCCN1C(=O)CSCC(=O)N=c1sc2cc(Cl)ccc2n1CC. The molecule has 0 N–H and O–H groups in total. The molecule has 8 heteroatoms. The monoisotopic (exact) mass is 439 g/mol. The third-order valence-electron chi connectivity index (χ3n) is 5.05. The lowest BCUT2D eigenvalue weighted by atomic mass is 10.0. The number of aromatic nitrogens is 1. The number of thioether (sulfide) groups is 1. The van der Waals surface area contributed by atoms with Gasteiger partial charge in [-0.15, -0.1) is 11.8 Å². The molecule has 152 valence electrons. The minimum Gasteiger partial charge on any atom is -0.339 e. The molecule has 2 amide bonds. The van der Waals surface area contributed by atoms with Crippen LogP contribution in [0, 0.1) is 0 Å². The maximum atomic E-state index is 12.5. The van der Waals surface area contributed by atoms with E-state index < -0.39 is 0 Å². The molecule has 0 spiro atoms. The fourth-order valence-corrected chi connectivity index (χ4v) is 5.71. The molecular weight excluding hydrogens is 414 g/mol. The molecule has 0 bridgehead atoms. The Labute approximate surface area is 178 Å². The highest BCUT2D eigenvalue weighted by Crippen LogP contribution is 2.22. The zero-order valence-corrected chi connectivity index (χ0v) is 18.7. The van der Waals surface area contributed by atoms with E-state index in [4.69, 9.17) is 11.6 Å². The third kappa shape index (κ3) is 4.99. The molecule has 1 aliphatic rings. The van der Waals surface area contributed by atoms with Gasteiger partial charge in [0.2, 0.25) is 5.91 Å². The van der Waals surface area contributed by atoms with Crippen molar-refractivity contribution in [3.8, 4) is 0 Å². The van der Waals surface area contributed by atoms with E-state index in [2.05, 4.69) is 11.9 Å². The van der Waals surface area contributed by atoms with E-state index >= 15 is 0 Å². The number of aryl methyl sites for hydroxylation is 1. The second-order valence-electron chi connectivity index (χ2n) is 6.88. The molecule has 1 aliphatic heterocycles. The van der Waals surface area contributed by atoms with Gasteiger partial charge >= 0.3 is 0 Å². The number of thiazole rings is 1. The van der Waals surface area contributed by atoms with Gasteiger partial charge in [-0.3, -0.25) is 9.59 Å². The number of rotatable bonds is 6. The number of fused-ring (bicyclic) bond motifs is 1. The second-order valence-corrected chi connectivity index (χ2v) is 9.32. The molecular formula is C20H26ClN3O2S2. The Morgan fingerprint density at radius 2 is 2.11 bits per heavy atom.